The van der Waals surface area contributed by atoms with E-state index in [1.54, 1.807) is 6.92 Å². The first kappa shape index (κ1) is 16.3. The van der Waals surface area contributed by atoms with Crippen molar-refractivity contribution in [2.45, 2.75) is 11.8 Å². The lowest BCUT2D eigenvalue weighted by Gasteiger charge is -2.20. The van der Waals surface area contributed by atoms with Crippen molar-refractivity contribution in [3.05, 3.63) is 18.2 Å². The van der Waals surface area contributed by atoms with Crippen molar-refractivity contribution in [3.63, 3.8) is 0 Å². The van der Waals surface area contributed by atoms with E-state index in [0.717, 1.165) is 4.31 Å². The van der Waals surface area contributed by atoms with Crippen LogP contribution in [0.5, 0.6) is 5.75 Å². The monoisotopic (exact) mass is 301 g/mol. The number of nitrogens with two attached hydrogens (primary N) is 1. The molecule has 0 aliphatic heterocycles. The average molecular weight is 301 g/mol. The quantitative estimate of drug-likeness (QED) is 0.722. The van der Waals surface area contributed by atoms with E-state index in [0.29, 0.717) is 5.75 Å². The van der Waals surface area contributed by atoms with Crippen LogP contribution in [0.1, 0.15) is 6.92 Å². The molecule has 0 aliphatic carbocycles. The molecule has 112 valence electrons. The Morgan fingerprint density at radius 3 is 2.55 bits per heavy atom. The molecule has 0 aromatic heterocycles. The molecule has 0 heterocycles. The Morgan fingerprint density at radius 2 is 2.10 bits per heavy atom. The van der Waals surface area contributed by atoms with Crippen molar-refractivity contribution in [1.82, 2.24) is 9.62 Å². The predicted octanol–water partition coefficient (Wildman–Crippen LogP) is 0.0340. The van der Waals surface area contributed by atoms with Crippen LogP contribution in [0.25, 0.3) is 0 Å². The number of carbonyl (C=O) groups excluding carboxylic acids is 1. The van der Waals surface area contributed by atoms with Gasteiger partial charge in [0.15, 0.2) is 0 Å². The number of benzene rings is 1. The number of nitrogens with zero attached hydrogens (tertiary/aromatic N) is 1. The first-order valence-corrected chi connectivity index (χ1v) is 7.45. The summed E-state index contributed by atoms with van der Waals surface area (Å²) in [7, 11) is -0.866. The van der Waals surface area contributed by atoms with E-state index < -0.39 is 10.0 Å². The number of rotatable bonds is 6. The normalized spacial score (nSPS) is 11.4. The molecular formula is C12H19N3O4S. The molecule has 1 rings (SSSR count). The molecule has 0 saturated carbocycles. The van der Waals surface area contributed by atoms with Gasteiger partial charge in [-0.3, -0.25) is 4.79 Å². The fourth-order valence-electron chi connectivity index (χ4n) is 1.63. The number of carbonyl (C=O) groups is 1. The minimum Gasteiger partial charge on any atom is -0.495 e. The Labute approximate surface area is 118 Å². The van der Waals surface area contributed by atoms with Crippen LogP contribution in [0.4, 0.5) is 5.69 Å². The van der Waals surface area contributed by atoms with Gasteiger partial charge in [-0.15, -0.1) is 0 Å². The van der Waals surface area contributed by atoms with Gasteiger partial charge in [0.2, 0.25) is 15.9 Å². The Bertz CT molecular complexity index is 586. The summed E-state index contributed by atoms with van der Waals surface area (Å²) in [6.07, 6.45) is 0. The largest absolute Gasteiger partial charge is 0.495 e. The lowest BCUT2D eigenvalue weighted by atomic mass is 10.3. The summed E-state index contributed by atoms with van der Waals surface area (Å²) in [6.45, 7) is 1.61. The van der Waals surface area contributed by atoms with E-state index in [-0.39, 0.29) is 29.6 Å². The molecular weight excluding hydrogens is 282 g/mol. The molecule has 0 saturated heterocycles. The summed E-state index contributed by atoms with van der Waals surface area (Å²) in [5.41, 5.74) is 5.94. The van der Waals surface area contributed by atoms with Crippen LogP contribution in [0.2, 0.25) is 0 Å². The van der Waals surface area contributed by atoms with Crippen molar-refractivity contribution in [1.29, 1.82) is 0 Å². The van der Waals surface area contributed by atoms with Gasteiger partial charge >= 0.3 is 0 Å². The number of sulfonamides is 1. The summed E-state index contributed by atoms with van der Waals surface area (Å²) in [5, 5.41) is 2.39. The second-order valence-corrected chi connectivity index (χ2v) is 5.95. The number of methoxy groups -OCH3 is 1. The van der Waals surface area contributed by atoms with Crippen molar-refractivity contribution in [2.75, 3.05) is 33.0 Å². The molecule has 8 heteroatoms. The average Bonchev–Trinajstić information content (AvgIpc) is 2.43. The fraction of sp³-hybridized carbons (Fsp3) is 0.417. The Hall–Kier alpha value is -1.80. The van der Waals surface area contributed by atoms with Crippen molar-refractivity contribution >= 4 is 21.6 Å². The molecule has 1 aromatic rings. The number of nitrogen functional groups attached to an aromatic ring is 1. The highest BCUT2D eigenvalue weighted by Gasteiger charge is 2.25. The highest BCUT2D eigenvalue weighted by atomic mass is 32.2. The molecule has 0 unspecified atom stereocenters. The first-order chi connectivity index (χ1) is 9.36. The first-order valence-electron chi connectivity index (χ1n) is 6.01. The lowest BCUT2D eigenvalue weighted by Crippen LogP contribution is -2.39. The molecule has 1 amide bonds. The third-order valence-corrected chi connectivity index (χ3v) is 4.71. The van der Waals surface area contributed by atoms with Crippen LogP contribution in [-0.4, -0.2) is 45.9 Å². The van der Waals surface area contributed by atoms with Crippen molar-refractivity contribution in [3.8, 4) is 5.75 Å². The van der Waals surface area contributed by atoms with Gasteiger partial charge < -0.3 is 15.8 Å². The van der Waals surface area contributed by atoms with Gasteiger partial charge in [0.25, 0.3) is 0 Å². The van der Waals surface area contributed by atoms with Crippen LogP contribution in [0, 0.1) is 0 Å². The van der Waals surface area contributed by atoms with Crippen LogP contribution >= 0.6 is 0 Å². The molecule has 1 aromatic carbocycles. The Balaban J connectivity index is 3.14. The van der Waals surface area contributed by atoms with Crippen LogP contribution < -0.4 is 15.8 Å². The third kappa shape index (κ3) is 3.40. The number of hydrogen-bond donors (Lipinski definition) is 2. The molecule has 0 fully saturated rings. The lowest BCUT2D eigenvalue weighted by molar-refractivity contribution is -0.120. The Morgan fingerprint density at radius 1 is 1.45 bits per heavy atom. The van der Waals surface area contributed by atoms with Crippen LogP contribution in [0.3, 0.4) is 0 Å². The topological polar surface area (TPSA) is 102 Å². The summed E-state index contributed by atoms with van der Waals surface area (Å²) in [5.74, 6) is 0.0233. The smallest absolute Gasteiger partial charge is 0.243 e. The minimum absolute atomic E-state index is 0.0292. The summed E-state index contributed by atoms with van der Waals surface area (Å²) in [4.78, 5) is 11.4. The maximum atomic E-state index is 12.4. The van der Waals surface area contributed by atoms with E-state index in [1.165, 1.54) is 32.4 Å². The van der Waals surface area contributed by atoms with Gasteiger partial charge in [-0.25, -0.2) is 8.42 Å². The van der Waals surface area contributed by atoms with Gasteiger partial charge in [0, 0.05) is 13.6 Å². The maximum absolute atomic E-state index is 12.4. The second-order valence-electron chi connectivity index (χ2n) is 4.01. The van der Waals surface area contributed by atoms with Gasteiger partial charge in [0.05, 0.1) is 24.2 Å². The number of anilines is 1. The minimum atomic E-state index is -3.77. The van der Waals surface area contributed by atoms with E-state index in [9.17, 15) is 13.2 Å². The van der Waals surface area contributed by atoms with Gasteiger partial charge in [-0.1, -0.05) is 6.92 Å². The summed E-state index contributed by atoms with van der Waals surface area (Å²) in [6, 6.07) is 4.20. The Kier molecular flexibility index (Phi) is 5.34. The third-order valence-electron chi connectivity index (χ3n) is 2.79. The highest BCUT2D eigenvalue weighted by Crippen LogP contribution is 2.26. The molecule has 0 spiro atoms. The molecule has 0 radical (unpaired) electrons. The predicted molar refractivity (Wildman–Crippen MR) is 75.9 cm³/mol. The number of likely N-dealkylation sites (N-methyl/N-ethyl adjacent to an activating group) is 2. The van der Waals surface area contributed by atoms with E-state index in [1.807, 2.05) is 0 Å². The van der Waals surface area contributed by atoms with Gasteiger partial charge in [-0.2, -0.15) is 4.31 Å². The van der Waals surface area contributed by atoms with Gasteiger partial charge in [-0.05, 0) is 18.2 Å². The highest BCUT2D eigenvalue weighted by molar-refractivity contribution is 7.89. The van der Waals surface area contributed by atoms with Crippen molar-refractivity contribution < 1.29 is 17.9 Å². The number of nitrogens with one attached hydrogen (secondary N) is 1. The van der Waals surface area contributed by atoms with E-state index in [4.69, 9.17) is 10.5 Å². The summed E-state index contributed by atoms with van der Waals surface area (Å²) >= 11 is 0. The molecule has 20 heavy (non-hydrogen) atoms. The van der Waals surface area contributed by atoms with Crippen LogP contribution in [-0.2, 0) is 14.8 Å². The van der Waals surface area contributed by atoms with E-state index in [2.05, 4.69) is 5.32 Å². The number of ether oxygens (including phenoxy) is 1. The summed E-state index contributed by atoms with van der Waals surface area (Å²) < 4.78 is 30.9. The number of amides is 1. The molecule has 0 bridgehead atoms. The molecule has 0 atom stereocenters. The zero-order chi connectivity index (χ0) is 15.3. The van der Waals surface area contributed by atoms with Crippen LogP contribution in [0.15, 0.2) is 23.1 Å². The van der Waals surface area contributed by atoms with E-state index >= 15 is 0 Å². The SMILES string of the molecule is CCN(CC(=O)NC)S(=O)(=O)c1ccc(OC)c(N)c1. The fourth-order valence-corrected chi connectivity index (χ4v) is 3.07. The molecule has 7 nitrogen and oxygen atoms in total. The zero-order valence-corrected chi connectivity index (χ0v) is 12.5. The number of hydrogen-bond acceptors (Lipinski definition) is 5. The molecule has 0 aliphatic rings. The van der Waals surface area contributed by atoms with Gasteiger partial charge in [0.1, 0.15) is 5.75 Å². The standard InChI is InChI=1S/C12H19N3O4S/c1-4-15(8-12(16)14-2)20(17,18)9-5-6-11(19-3)10(13)7-9/h5-7H,4,8,13H2,1-3H3,(H,14,16). The molecule has 3 N–H and O–H groups in total. The zero-order valence-electron chi connectivity index (χ0n) is 11.7. The second kappa shape index (κ2) is 6.58. The maximum Gasteiger partial charge on any atom is 0.243 e. The van der Waals surface area contributed by atoms with Crippen molar-refractivity contribution in [2.24, 2.45) is 0 Å².